The molecule has 1 aromatic rings. The van der Waals surface area contributed by atoms with E-state index in [1.54, 1.807) is 24.9 Å². The predicted molar refractivity (Wildman–Crippen MR) is 69.3 cm³/mol. The van der Waals surface area contributed by atoms with Crippen molar-refractivity contribution in [3.8, 4) is 0 Å². The molecule has 0 aliphatic rings. The molecule has 4 nitrogen and oxygen atoms in total. The fourth-order valence-electron chi connectivity index (χ4n) is 1.10. The maximum Gasteiger partial charge on any atom is 0.345 e. The number of carboxylic acid groups (broad SMARTS) is 1. The highest BCUT2D eigenvalue weighted by molar-refractivity contribution is 7.99. The molecule has 1 aromatic heterocycles. The van der Waals surface area contributed by atoms with Crippen LogP contribution in [0.4, 0.5) is 0 Å². The fourth-order valence-corrected chi connectivity index (χ4v) is 2.90. The first kappa shape index (κ1) is 14.5. The Morgan fingerprint density at radius 1 is 1.47 bits per heavy atom. The van der Waals surface area contributed by atoms with Crippen molar-refractivity contribution in [3.05, 3.63) is 16.3 Å². The Kier molecular flexibility index (Phi) is 7.27. The molecule has 0 bridgehead atoms. The zero-order chi connectivity index (χ0) is 12.5. The standard InChI is InChI=1S/C11H16O4S2/c1-14-4-5-15-3-2-6-16-9-7-10(11(12)13)17-8-9/h7-8H,2-6H2,1H3,(H,12,13). The molecular weight excluding hydrogens is 260 g/mol. The summed E-state index contributed by atoms with van der Waals surface area (Å²) in [6.45, 7) is 1.97. The van der Waals surface area contributed by atoms with Gasteiger partial charge >= 0.3 is 5.97 Å². The molecule has 0 fully saturated rings. The third-order valence-electron chi connectivity index (χ3n) is 1.92. The normalized spacial score (nSPS) is 10.6. The minimum atomic E-state index is -0.857. The van der Waals surface area contributed by atoms with Crippen molar-refractivity contribution < 1.29 is 19.4 Å². The van der Waals surface area contributed by atoms with Gasteiger partial charge in [-0.3, -0.25) is 0 Å². The van der Waals surface area contributed by atoms with Crippen LogP contribution < -0.4 is 0 Å². The fraction of sp³-hybridized carbons (Fsp3) is 0.545. The Balaban J connectivity index is 2.07. The van der Waals surface area contributed by atoms with E-state index >= 15 is 0 Å². The molecule has 1 heterocycles. The zero-order valence-electron chi connectivity index (χ0n) is 9.68. The van der Waals surface area contributed by atoms with Gasteiger partial charge < -0.3 is 14.6 Å². The maximum atomic E-state index is 10.7. The van der Waals surface area contributed by atoms with Gasteiger partial charge in [-0.15, -0.1) is 23.1 Å². The monoisotopic (exact) mass is 276 g/mol. The summed E-state index contributed by atoms with van der Waals surface area (Å²) in [5.41, 5.74) is 0. The minimum absolute atomic E-state index is 0.392. The first-order chi connectivity index (χ1) is 8.24. The quantitative estimate of drug-likeness (QED) is 0.555. The summed E-state index contributed by atoms with van der Waals surface area (Å²) < 4.78 is 10.2. The van der Waals surface area contributed by atoms with Crippen molar-refractivity contribution in [1.82, 2.24) is 0 Å². The smallest absolute Gasteiger partial charge is 0.345 e. The Morgan fingerprint density at radius 2 is 2.29 bits per heavy atom. The van der Waals surface area contributed by atoms with Crippen LogP contribution in [0.5, 0.6) is 0 Å². The summed E-state index contributed by atoms with van der Waals surface area (Å²) in [5, 5.41) is 10.6. The number of thiophene rings is 1. The number of methoxy groups -OCH3 is 1. The molecule has 0 aromatic carbocycles. The molecule has 1 N–H and O–H groups in total. The van der Waals surface area contributed by atoms with Crippen molar-refractivity contribution in [2.75, 3.05) is 32.7 Å². The summed E-state index contributed by atoms with van der Waals surface area (Å²) in [7, 11) is 1.65. The first-order valence-electron chi connectivity index (χ1n) is 5.25. The van der Waals surface area contributed by atoms with Crippen LogP contribution in [0, 0.1) is 0 Å². The summed E-state index contributed by atoms with van der Waals surface area (Å²) in [4.78, 5) is 12.1. The average molecular weight is 276 g/mol. The zero-order valence-corrected chi connectivity index (χ0v) is 11.3. The molecular formula is C11H16O4S2. The molecule has 0 radical (unpaired) electrons. The van der Waals surface area contributed by atoms with Crippen molar-refractivity contribution in [2.24, 2.45) is 0 Å². The van der Waals surface area contributed by atoms with Crippen LogP contribution in [0.3, 0.4) is 0 Å². The van der Waals surface area contributed by atoms with Gasteiger partial charge in [0.15, 0.2) is 0 Å². The molecule has 1 rings (SSSR count). The van der Waals surface area contributed by atoms with E-state index in [0.717, 1.165) is 17.1 Å². The highest BCUT2D eigenvalue weighted by atomic mass is 32.2. The number of thioether (sulfide) groups is 1. The molecule has 96 valence electrons. The molecule has 0 amide bonds. The molecule has 6 heteroatoms. The van der Waals surface area contributed by atoms with Crippen molar-refractivity contribution in [2.45, 2.75) is 11.3 Å². The number of carbonyl (C=O) groups is 1. The molecule has 0 unspecified atom stereocenters. The lowest BCUT2D eigenvalue weighted by Gasteiger charge is -2.02. The molecule has 0 saturated carbocycles. The van der Waals surface area contributed by atoms with Crippen molar-refractivity contribution in [1.29, 1.82) is 0 Å². The van der Waals surface area contributed by atoms with E-state index in [1.807, 2.05) is 5.38 Å². The third kappa shape index (κ3) is 6.07. The number of hydrogen-bond donors (Lipinski definition) is 1. The van der Waals surface area contributed by atoms with Crippen LogP contribution in [-0.4, -0.2) is 43.8 Å². The summed E-state index contributed by atoms with van der Waals surface area (Å²) >= 11 is 2.92. The Labute approximate surface area is 109 Å². The van der Waals surface area contributed by atoms with Crippen LogP contribution in [0.15, 0.2) is 16.3 Å². The largest absolute Gasteiger partial charge is 0.477 e. The third-order valence-corrected chi connectivity index (χ3v) is 4.05. The van der Waals surface area contributed by atoms with Crippen LogP contribution in [0.25, 0.3) is 0 Å². The molecule has 17 heavy (non-hydrogen) atoms. The summed E-state index contributed by atoms with van der Waals surface area (Å²) in [6, 6.07) is 1.71. The van der Waals surface area contributed by atoms with E-state index in [4.69, 9.17) is 14.6 Å². The highest BCUT2D eigenvalue weighted by Gasteiger charge is 2.06. The van der Waals surface area contributed by atoms with Gasteiger partial charge in [-0.2, -0.15) is 0 Å². The van der Waals surface area contributed by atoms with E-state index in [-0.39, 0.29) is 0 Å². The molecule has 0 saturated heterocycles. The lowest BCUT2D eigenvalue weighted by atomic mass is 10.5. The van der Waals surface area contributed by atoms with Gasteiger partial charge in [0.2, 0.25) is 0 Å². The Bertz CT molecular complexity index is 338. The van der Waals surface area contributed by atoms with Crippen LogP contribution in [0.1, 0.15) is 16.1 Å². The van der Waals surface area contributed by atoms with Crippen molar-refractivity contribution in [3.63, 3.8) is 0 Å². The van der Waals surface area contributed by atoms with Gasteiger partial charge in [0.25, 0.3) is 0 Å². The van der Waals surface area contributed by atoms with Crippen LogP contribution in [0.2, 0.25) is 0 Å². The van der Waals surface area contributed by atoms with Gasteiger partial charge in [-0.05, 0) is 12.5 Å². The Hall–Kier alpha value is -0.560. The number of rotatable bonds is 9. The molecule has 0 spiro atoms. The van der Waals surface area contributed by atoms with Crippen LogP contribution in [-0.2, 0) is 9.47 Å². The number of aromatic carboxylic acids is 1. The summed E-state index contributed by atoms with van der Waals surface area (Å²) in [6.07, 6.45) is 0.951. The average Bonchev–Trinajstić information content (AvgIpc) is 2.77. The SMILES string of the molecule is COCCOCCCSc1csc(C(=O)O)c1. The van der Waals surface area contributed by atoms with Crippen molar-refractivity contribution >= 4 is 29.1 Å². The van der Waals surface area contributed by atoms with E-state index in [9.17, 15) is 4.79 Å². The van der Waals surface area contributed by atoms with E-state index in [1.165, 1.54) is 11.3 Å². The van der Waals surface area contributed by atoms with E-state index < -0.39 is 5.97 Å². The molecule has 0 atom stereocenters. The van der Waals surface area contributed by atoms with Gasteiger partial charge in [0, 0.05) is 29.7 Å². The second-order valence-corrected chi connectivity index (χ2v) is 5.34. The first-order valence-corrected chi connectivity index (χ1v) is 7.12. The topological polar surface area (TPSA) is 55.8 Å². The summed E-state index contributed by atoms with van der Waals surface area (Å²) in [5.74, 6) is 0.0766. The Morgan fingerprint density at radius 3 is 2.94 bits per heavy atom. The van der Waals surface area contributed by atoms with Gasteiger partial charge in [-0.25, -0.2) is 4.79 Å². The second-order valence-electron chi connectivity index (χ2n) is 3.26. The lowest BCUT2D eigenvalue weighted by molar-refractivity contribution is 0.0702. The van der Waals surface area contributed by atoms with E-state index in [0.29, 0.717) is 24.7 Å². The number of carboxylic acids is 1. The van der Waals surface area contributed by atoms with Crippen LogP contribution >= 0.6 is 23.1 Å². The number of ether oxygens (including phenoxy) is 2. The molecule has 0 aliphatic heterocycles. The maximum absolute atomic E-state index is 10.7. The van der Waals surface area contributed by atoms with Gasteiger partial charge in [-0.1, -0.05) is 0 Å². The van der Waals surface area contributed by atoms with Gasteiger partial charge in [0.05, 0.1) is 13.2 Å². The molecule has 0 aliphatic carbocycles. The minimum Gasteiger partial charge on any atom is -0.477 e. The number of hydrogen-bond acceptors (Lipinski definition) is 5. The second kappa shape index (κ2) is 8.52. The van der Waals surface area contributed by atoms with E-state index in [2.05, 4.69) is 0 Å². The lowest BCUT2D eigenvalue weighted by Crippen LogP contribution is -2.03. The van der Waals surface area contributed by atoms with Gasteiger partial charge in [0.1, 0.15) is 4.88 Å². The highest BCUT2D eigenvalue weighted by Crippen LogP contribution is 2.25. The predicted octanol–water partition coefficient (Wildman–Crippen LogP) is 2.59.